The van der Waals surface area contributed by atoms with Crippen molar-refractivity contribution in [3.63, 3.8) is 0 Å². The van der Waals surface area contributed by atoms with Gasteiger partial charge in [0.2, 0.25) is 5.91 Å². The fourth-order valence-electron chi connectivity index (χ4n) is 2.77. The summed E-state index contributed by atoms with van der Waals surface area (Å²) in [6.07, 6.45) is 0.235. The van der Waals surface area contributed by atoms with Gasteiger partial charge in [0.25, 0.3) is 0 Å². The SMILES string of the molecule is CCOC(=O)[C@@H](c1cc(Cl)cc(Cl)c1)N(CC)Cc1csc(CC(=O)NC)n1. The predicted octanol–water partition coefficient (Wildman–Crippen LogP) is 3.86. The van der Waals surface area contributed by atoms with Crippen molar-refractivity contribution in [3.05, 3.63) is 49.9 Å². The van der Waals surface area contributed by atoms with Crippen LogP contribution < -0.4 is 5.32 Å². The maximum atomic E-state index is 12.7. The second-order valence-corrected chi connectivity index (χ2v) is 7.82. The van der Waals surface area contributed by atoms with Crippen molar-refractivity contribution in [2.24, 2.45) is 0 Å². The smallest absolute Gasteiger partial charge is 0.328 e. The minimum atomic E-state index is -0.662. The lowest BCUT2D eigenvalue weighted by molar-refractivity contribution is -0.150. The number of ether oxygens (including phenoxy) is 1. The molecule has 6 nitrogen and oxygen atoms in total. The highest BCUT2D eigenvalue weighted by Crippen LogP contribution is 2.29. The first kappa shape index (κ1) is 22.6. The first-order chi connectivity index (χ1) is 13.4. The molecule has 0 aliphatic carbocycles. The number of benzene rings is 1. The largest absolute Gasteiger partial charge is 0.465 e. The number of hydrogen-bond donors (Lipinski definition) is 1. The summed E-state index contributed by atoms with van der Waals surface area (Å²) in [4.78, 5) is 30.7. The van der Waals surface area contributed by atoms with E-state index in [1.165, 1.54) is 11.3 Å². The van der Waals surface area contributed by atoms with Gasteiger partial charge in [0, 0.05) is 29.0 Å². The van der Waals surface area contributed by atoms with Gasteiger partial charge >= 0.3 is 5.97 Å². The third-order valence-corrected chi connectivity index (χ3v) is 5.37. The number of thiazole rings is 1. The number of amides is 1. The van der Waals surface area contributed by atoms with E-state index in [2.05, 4.69) is 10.3 Å². The molecule has 9 heteroatoms. The highest BCUT2D eigenvalue weighted by atomic mass is 35.5. The summed E-state index contributed by atoms with van der Waals surface area (Å²) in [6, 6.07) is 4.40. The summed E-state index contributed by atoms with van der Waals surface area (Å²) >= 11 is 13.7. The summed E-state index contributed by atoms with van der Waals surface area (Å²) in [5.41, 5.74) is 1.45. The van der Waals surface area contributed by atoms with Crippen LogP contribution in [0.15, 0.2) is 23.6 Å². The quantitative estimate of drug-likeness (QED) is 0.595. The van der Waals surface area contributed by atoms with Gasteiger partial charge in [-0.25, -0.2) is 9.78 Å². The van der Waals surface area contributed by atoms with Gasteiger partial charge in [-0.2, -0.15) is 0 Å². The first-order valence-electron chi connectivity index (χ1n) is 8.88. The average Bonchev–Trinajstić information content (AvgIpc) is 3.07. The van der Waals surface area contributed by atoms with Gasteiger partial charge in [-0.15, -0.1) is 11.3 Å². The average molecular weight is 444 g/mol. The molecule has 0 fully saturated rings. The van der Waals surface area contributed by atoms with Gasteiger partial charge in [-0.1, -0.05) is 30.1 Å². The van der Waals surface area contributed by atoms with E-state index in [1.807, 2.05) is 17.2 Å². The van der Waals surface area contributed by atoms with E-state index in [9.17, 15) is 9.59 Å². The molecule has 28 heavy (non-hydrogen) atoms. The van der Waals surface area contributed by atoms with Crippen LogP contribution in [-0.4, -0.2) is 42.0 Å². The van der Waals surface area contributed by atoms with Crippen molar-refractivity contribution >= 4 is 46.4 Å². The fraction of sp³-hybridized carbons (Fsp3) is 0.421. The first-order valence-corrected chi connectivity index (χ1v) is 10.5. The Hall–Kier alpha value is -1.67. The molecule has 0 spiro atoms. The van der Waals surface area contributed by atoms with E-state index in [4.69, 9.17) is 27.9 Å². The molecule has 0 saturated carbocycles. The van der Waals surface area contributed by atoms with Crippen molar-refractivity contribution in [2.45, 2.75) is 32.9 Å². The summed E-state index contributed by atoms with van der Waals surface area (Å²) in [5, 5.41) is 6.11. The monoisotopic (exact) mass is 443 g/mol. The molecule has 0 unspecified atom stereocenters. The van der Waals surface area contributed by atoms with E-state index < -0.39 is 6.04 Å². The molecular formula is C19H23Cl2N3O3S. The van der Waals surface area contributed by atoms with E-state index in [1.54, 1.807) is 32.2 Å². The maximum absolute atomic E-state index is 12.7. The molecule has 0 radical (unpaired) electrons. The lowest BCUT2D eigenvalue weighted by Crippen LogP contribution is -2.35. The Kier molecular flexibility index (Phi) is 8.69. The van der Waals surface area contributed by atoms with Crippen molar-refractivity contribution in [1.82, 2.24) is 15.2 Å². The number of likely N-dealkylation sites (N-methyl/N-ethyl adjacent to an activating group) is 2. The molecule has 0 saturated heterocycles. The molecule has 0 aliphatic heterocycles. The number of esters is 1. The summed E-state index contributed by atoms with van der Waals surface area (Å²) in [5.74, 6) is -0.463. The number of hydrogen-bond acceptors (Lipinski definition) is 6. The number of nitrogens with zero attached hydrogens (tertiary/aromatic N) is 2. The normalized spacial score (nSPS) is 12.1. The number of nitrogens with one attached hydrogen (secondary N) is 1. The molecule has 1 atom stereocenters. The number of halogens is 2. The van der Waals surface area contributed by atoms with Gasteiger partial charge in [0.15, 0.2) is 0 Å². The van der Waals surface area contributed by atoms with E-state index in [0.29, 0.717) is 28.7 Å². The van der Waals surface area contributed by atoms with Gasteiger partial charge in [0.1, 0.15) is 11.0 Å². The van der Waals surface area contributed by atoms with E-state index >= 15 is 0 Å². The van der Waals surface area contributed by atoms with Gasteiger partial charge in [-0.3, -0.25) is 9.69 Å². The fourth-order valence-corrected chi connectivity index (χ4v) is 4.10. The minimum absolute atomic E-state index is 0.0915. The molecule has 152 valence electrons. The molecule has 2 aromatic rings. The third-order valence-electron chi connectivity index (χ3n) is 4.04. The highest BCUT2D eigenvalue weighted by molar-refractivity contribution is 7.09. The van der Waals surface area contributed by atoms with Crippen molar-refractivity contribution in [1.29, 1.82) is 0 Å². The standard InChI is InChI=1S/C19H23Cl2N3O3S/c1-4-24(10-15-11-28-17(23-15)9-16(25)22-3)18(19(26)27-5-2)12-6-13(20)8-14(21)7-12/h6-8,11,18H,4-5,9-10H2,1-3H3,(H,22,25)/t18-/m1/s1. The Balaban J connectivity index is 2.29. The van der Waals surface area contributed by atoms with Crippen LogP contribution in [0.25, 0.3) is 0 Å². The minimum Gasteiger partial charge on any atom is -0.465 e. The Morgan fingerprint density at radius 2 is 1.93 bits per heavy atom. The van der Waals surface area contributed by atoms with Crippen LogP contribution in [0, 0.1) is 0 Å². The Labute approximate surface area is 178 Å². The summed E-state index contributed by atoms with van der Waals surface area (Å²) < 4.78 is 5.29. The van der Waals surface area contributed by atoms with Gasteiger partial charge in [0.05, 0.1) is 18.7 Å². The summed E-state index contributed by atoms with van der Waals surface area (Å²) in [6.45, 7) is 5.00. The third kappa shape index (κ3) is 6.17. The van der Waals surface area contributed by atoms with E-state index in [0.717, 1.165) is 10.7 Å². The van der Waals surface area contributed by atoms with Crippen molar-refractivity contribution in [2.75, 3.05) is 20.2 Å². The number of carbonyl (C=O) groups is 2. The predicted molar refractivity (Wildman–Crippen MR) is 112 cm³/mol. The van der Waals surface area contributed by atoms with Gasteiger partial charge in [-0.05, 0) is 37.2 Å². The summed E-state index contributed by atoms with van der Waals surface area (Å²) in [7, 11) is 1.59. The second-order valence-electron chi connectivity index (χ2n) is 6.00. The van der Waals surface area contributed by atoms with Crippen LogP contribution >= 0.6 is 34.5 Å². The molecular weight excluding hydrogens is 421 g/mol. The topological polar surface area (TPSA) is 71.5 Å². The zero-order chi connectivity index (χ0) is 20.7. The lowest BCUT2D eigenvalue weighted by atomic mass is 10.0. The molecule has 1 N–H and O–H groups in total. The molecule has 0 bridgehead atoms. The Morgan fingerprint density at radius 1 is 1.25 bits per heavy atom. The molecule has 2 rings (SSSR count). The van der Waals surface area contributed by atoms with Crippen LogP contribution in [0.5, 0.6) is 0 Å². The lowest BCUT2D eigenvalue weighted by Gasteiger charge is -2.29. The van der Waals surface area contributed by atoms with Gasteiger partial charge < -0.3 is 10.1 Å². The molecule has 1 heterocycles. The zero-order valence-corrected chi connectivity index (χ0v) is 18.3. The zero-order valence-electron chi connectivity index (χ0n) is 16.0. The van der Waals surface area contributed by atoms with Crippen molar-refractivity contribution < 1.29 is 14.3 Å². The number of carbonyl (C=O) groups excluding carboxylic acids is 2. The maximum Gasteiger partial charge on any atom is 0.328 e. The van der Waals surface area contributed by atoms with Crippen LogP contribution in [0.4, 0.5) is 0 Å². The van der Waals surface area contributed by atoms with Crippen molar-refractivity contribution in [3.8, 4) is 0 Å². The van der Waals surface area contributed by atoms with E-state index in [-0.39, 0.29) is 24.9 Å². The second kappa shape index (κ2) is 10.8. The van der Waals surface area contributed by atoms with Crippen LogP contribution in [0.3, 0.4) is 0 Å². The van der Waals surface area contributed by atoms with Crippen LogP contribution in [-0.2, 0) is 27.3 Å². The molecule has 1 aromatic heterocycles. The molecule has 1 aromatic carbocycles. The number of aromatic nitrogens is 1. The highest BCUT2D eigenvalue weighted by Gasteiger charge is 2.29. The number of rotatable bonds is 9. The molecule has 1 amide bonds. The molecule has 0 aliphatic rings. The Bertz CT molecular complexity index is 808. The van der Waals surface area contributed by atoms with Crippen LogP contribution in [0.2, 0.25) is 10.0 Å². The van der Waals surface area contributed by atoms with Crippen LogP contribution in [0.1, 0.15) is 36.2 Å². The Morgan fingerprint density at radius 3 is 2.50 bits per heavy atom.